The third-order valence-electron chi connectivity index (χ3n) is 3.74. The molecule has 1 heterocycles. The predicted molar refractivity (Wildman–Crippen MR) is 89.3 cm³/mol. The van der Waals surface area contributed by atoms with E-state index in [1.165, 1.54) is 12.1 Å². The van der Waals surface area contributed by atoms with Crippen molar-refractivity contribution in [3.63, 3.8) is 0 Å². The second-order valence-corrected chi connectivity index (χ2v) is 6.27. The maximum absolute atomic E-state index is 12.8. The normalized spacial score (nSPS) is 16.0. The van der Waals surface area contributed by atoms with Gasteiger partial charge in [0.2, 0.25) is 0 Å². The van der Waals surface area contributed by atoms with E-state index in [1.807, 2.05) is 19.9 Å². The zero-order valence-corrected chi connectivity index (χ0v) is 13.9. The lowest BCUT2D eigenvalue weighted by Gasteiger charge is -2.31. The van der Waals surface area contributed by atoms with E-state index >= 15 is 0 Å². The lowest BCUT2D eigenvalue weighted by Crippen LogP contribution is -2.29. The summed E-state index contributed by atoms with van der Waals surface area (Å²) in [6, 6.07) is 10.4. The van der Waals surface area contributed by atoms with Gasteiger partial charge in [-0.15, -0.1) is 0 Å². The molecule has 6 heteroatoms. The number of fused-ring (bicyclic) bond motifs is 1. The molecule has 0 radical (unpaired) electrons. The molecule has 1 aliphatic heterocycles. The number of rotatable bonds is 2. The second kappa shape index (κ2) is 5.77. The van der Waals surface area contributed by atoms with Crippen molar-refractivity contribution in [1.82, 2.24) is 0 Å². The molecule has 0 bridgehead atoms. The minimum atomic E-state index is -4.35. The Balaban J connectivity index is 2.08. The van der Waals surface area contributed by atoms with Crippen LogP contribution < -0.4 is 8.92 Å². The van der Waals surface area contributed by atoms with Crippen LogP contribution in [0.4, 0.5) is 13.2 Å². The van der Waals surface area contributed by atoms with E-state index in [9.17, 15) is 13.2 Å². The molecule has 0 unspecified atom stereocenters. The van der Waals surface area contributed by atoms with Crippen molar-refractivity contribution >= 4 is 18.5 Å². The number of alkyl halides is 3. The van der Waals surface area contributed by atoms with Crippen LogP contribution in [0, 0.1) is 0 Å². The van der Waals surface area contributed by atoms with Gasteiger partial charge in [-0.3, -0.25) is 0 Å². The molecule has 0 N–H and O–H groups in total. The van der Waals surface area contributed by atoms with Gasteiger partial charge in [-0.25, -0.2) is 0 Å². The van der Waals surface area contributed by atoms with Crippen molar-refractivity contribution in [3.8, 4) is 11.5 Å². The highest BCUT2D eigenvalue weighted by Gasteiger charge is 2.31. The Morgan fingerprint density at radius 3 is 2.29 bits per heavy atom. The maximum Gasteiger partial charge on any atom is 0.416 e. The summed E-state index contributed by atoms with van der Waals surface area (Å²) in [5.74, 6) is 1.13. The summed E-state index contributed by atoms with van der Waals surface area (Å²) in [6.45, 7) is 3.77. The van der Waals surface area contributed by atoms with Crippen LogP contribution in [0.2, 0.25) is 0 Å². The van der Waals surface area contributed by atoms with Crippen LogP contribution in [-0.4, -0.2) is 5.60 Å². The third-order valence-corrected chi connectivity index (χ3v) is 3.95. The van der Waals surface area contributed by atoms with Gasteiger partial charge in [0, 0.05) is 24.5 Å². The lowest BCUT2D eigenvalue weighted by molar-refractivity contribution is -0.137. The van der Waals surface area contributed by atoms with E-state index in [2.05, 4.69) is 12.9 Å². The fourth-order valence-corrected chi connectivity index (χ4v) is 2.80. The molecule has 0 amide bonds. The van der Waals surface area contributed by atoms with Crippen molar-refractivity contribution < 1.29 is 22.1 Å². The molecular weight excluding hydrogens is 337 g/mol. The van der Waals surface area contributed by atoms with Gasteiger partial charge < -0.3 is 8.92 Å². The maximum atomic E-state index is 12.8. The van der Waals surface area contributed by atoms with Crippen LogP contribution in [0.3, 0.4) is 0 Å². The highest BCUT2D eigenvalue weighted by molar-refractivity contribution is 7.75. The first-order chi connectivity index (χ1) is 11.2. The summed E-state index contributed by atoms with van der Waals surface area (Å²) in [6.07, 6.45) is -2.45. The first kappa shape index (κ1) is 16.8. The average Bonchev–Trinajstić information content (AvgIpc) is 2.52. The van der Waals surface area contributed by atoms with Crippen LogP contribution in [0.25, 0.3) is 5.57 Å². The number of benzene rings is 2. The van der Waals surface area contributed by atoms with Gasteiger partial charge in [-0.2, -0.15) is 13.2 Å². The van der Waals surface area contributed by atoms with Gasteiger partial charge in [0.25, 0.3) is 0 Å². The first-order valence-corrected chi connectivity index (χ1v) is 7.61. The van der Waals surface area contributed by atoms with Gasteiger partial charge in [0.05, 0.1) is 5.56 Å². The molecule has 24 heavy (non-hydrogen) atoms. The molecule has 0 saturated heterocycles. The quantitative estimate of drug-likeness (QED) is 0.566. The lowest BCUT2D eigenvalue weighted by atomic mass is 9.89. The van der Waals surface area contributed by atoms with Crippen molar-refractivity contribution in [2.75, 3.05) is 0 Å². The molecule has 0 aromatic heterocycles. The Hall–Kier alpha value is -2.08. The van der Waals surface area contributed by atoms with E-state index < -0.39 is 17.3 Å². The molecule has 0 aliphatic carbocycles. The minimum Gasteiger partial charge on any atom is -0.483 e. The van der Waals surface area contributed by atoms with Crippen LogP contribution >= 0.6 is 12.9 Å². The van der Waals surface area contributed by atoms with E-state index in [1.54, 1.807) is 18.2 Å². The van der Waals surface area contributed by atoms with E-state index in [0.717, 1.165) is 23.3 Å². The topological polar surface area (TPSA) is 18.5 Å². The van der Waals surface area contributed by atoms with E-state index in [-0.39, 0.29) is 0 Å². The van der Waals surface area contributed by atoms with Crippen molar-refractivity contribution in [2.45, 2.75) is 25.6 Å². The number of halogens is 3. The van der Waals surface area contributed by atoms with E-state index in [4.69, 9.17) is 8.92 Å². The molecule has 0 fully saturated rings. The molecular formula is C18H15F3O2S. The molecule has 2 aromatic rings. The Bertz CT molecular complexity index is 793. The average molecular weight is 352 g/mol. The highest BCUT2D eigenvalue weighted by atomic mass is 32.1. The van der Waals surface area contributed by atoms with Crippen LogP contribution in [-0.2, 0) is 6.18 Å². The summed E-state index contributed by atoms with van der Waals surface area (Å²) in [7, 11) is 0. The largest absolute Gasteiger partial charge is 0.483 e. The number of ether oxygens (including phenoxy) is 1. The van der Waals surface area contributed by atoms with Gasteiger partial charge in [-0.1, -0.05) is 12.1 Å². The summed E-state index contributed by atoms with van der Waals surface area (Å²) in [5, 5.41) is 0. The van der Waals surface area contributed by atoms with Crippen molar-refractivity contribution in [1.29, 1.82) is 0 Å². The van der Waals surface area contributed by atoms with Gasteiger partial charge in [0.1, 0.15) is 17.1 Å². The standard InChI is InChI=1S/C18H15F3O2S/c1-17(2)10-15(11-3-5-12(6-4-11)18(19,20)21)14-8-7-13(23-24)9-16(14)22-17/h3-10,24H,1-2H3. The Kier molecular flexibility index (Phi) is 4.03. The predicted octanol–water partition coefficient (Wildman–Crippen LogP) is 5.53. The van der Waals surface area contributed by atoms with E-state index in [0.29, 0.717) is 17.1 Å². The molecule has 1 aliphatic rings. The molecule has 2 nitrogen and oxygen atoms in total. The molecule has 126 valence electrons. The molecule has 0 saturated carbocycles. The zero-order valence-electron chi connectivity index (χ0n) is 13.0. The van der Waals surface area contributed by atoms with Crippen molar-refractivity contribution in [2.24, 2.45) is 0 Å². The number of hydrogen-bond acceptors (Lipinski definition) is 3. The van der Waals surface area contributed by atoms with Crippen LogP contribution in [0.1, 0.15) is 30.5 Å². The Morgan fingerprint density at radius 1 is 1.04 bits per heavy atom. The fourth-order valence-electron chi connectivity index (χ4n) is 2.68. The Morgan fingerprint density at radius 2 is 1.71 bits per heavy atom. The SMILES string of the molecule is CC1(C)C=C(c2ccc(C(F)(F)F)cc2)c2ccc(OS)cc2O1. The summed E-state index contributed by atoms with van der Waals surface area (Å²) in [5.41, 5.74) is 1.04. The minimum absolute atomic E-state index is 0.529. The fraction of sp³-hybridized carbons (Fsp3) is 0.222. The van der Waals surface area contributed by atoms with Crippen LogP contribution in [0.15, 0.2) is 48.5 Å². The molecule has 0 spiro atoms. The Labute approximate surface area is 143 Å². The smallest absolute Gasteiger partial charge is 0.416 e. The van der Waals surface area contributed by atoms with Crippen LogP contribution in [0.5, 0.6) is 11.5 Å². The summed E-state index contributed by atoms with van der Waals surface area (Å²) >= 11 is 3.77. The second-order valence-electron chi connectivity index (χ2n) is 6.09. The molecule has 3 rings (SSSR count). The third kappa shape index (κ3) is 3.24. The summed E-state index contributed by atoms with van der Waals surface area (Å²) < 4.78 is 49.1. The molecule has 0 atom stereocenters. The van der Waals surface area contributed by atoms with Gasteiger partial charge >= 0.3 is 6.18 Å². The zero-order chi connectivity index (χ0) is 17.5. The van der Waals surface area contributed by atoms with Gasteiger partial charge in [-0.05, 0) is 55.3 Å². The molecule has 2 aromatic carbocycles. The van der Waals surface area contributed by atoms with Crippen molar-refractivity contribution in [3.05, 3.63) is 65.2 Å². The highest BCUT2D eigenvalue weighted by Crippen LogP contribution is 2.41. The summed E-state index contributed by atoms with van der Waals surface area (Å²) in [4.78, 5) is 0. The monoisotopic (exact) mass is 352 g/mol. The first-order valence-electron chi connectivity index (χ1n) is 7.25. The number of thiol groups is 1. The van der Waals surface area contributed by atoms with Gasteiger partial charge in [0.15, 0.2) is 0 Å². The number of hydrogen-bond donors (Lipinski definition) is 1.